The first-order valence-corrected chi connectivity index (χ1v) is 11.4. The summed E-state index contributed by atoms with van der Waals surface area (Å²) in [7, 11) is 4.81. The van der Waals surface area contributed by atoms with Crippen molar-refractivity contribution in [1.82, 2.24) is 0 Å². The lowest BCUT2D eigenvalue weighted by atomic mass is 10.1. The summed E-state index contributed by atoms with van der Waals surface area (Å²) in [6.07, 6.45) is 9.55. The summed E-state index contributed by atoms with van der Waals surface area (Å²) < 4.78 is 21.9. The van der Waals surface area contributed by atoms with E-state index in [0.29, 0.717) is 30.5 Å². The molecule has 170 valence electrons. The third-order valence-electron chi connectivity index (χ3n) is 4.85. The van der Waals surface area contributed by atoms with Crippen LogP contribution in [0.15, 0.2) is 53.4 Å². The average Bonchev–Trinajstić information content (AvgIpc) is 3.33. The number of unbranched alkanes of at least 4 members (excludes halogenated alkanes) is 1. The van der Waals surface area contributed by atoms with E-state index < -0.39 is 0 Å². The highest BCUT2D eigenvalue weighted by atomic mass is 32.1. The van der Waals surface area contributed by atoms with E-state index in [1.54, 1.807) is 32.7 Å². The molecule has 1 N–H and O–H groups in total. The van der Waals surface area contributed by atoms with Gasteiger partial charge in [0.25, 0.3) is 0 Å². The Hall–Kier alpha value is -2.28. The maximum absolute atomic E-state index is 10.1. The molecule has 5 nitrogen and oxygen atoms in total. The Balaban J connectivity index is 1.65. The maximum atomic E-state index is 10.1. The highest BCUT2D eigenvalue weighted by Gasteiger charge is 2.13. The van der Waals surface area contributed by atoms with Gasteiger partial charge in [-0.3, -0.25) is 0 Å². The number of aliphatic hydroxyl groups is 1. The van der Waals surface area contributed by atoms with Crippen LogP contribution in [0.4, 0.5) is 0 Å². The molecule has 0 aliphatic rings. The van der Waals surface area contributed by atoms with Crippen molar-refractivity contribution < 1.29 is 24.1 Å². The molecule has 1 atom stereocenters. The summed E-state index contributed by atoms with van der Waals surface area (Å²) in [4.78, 5) is 1.04. The second-order valence-electron chi connectivity index (χ2n) is 7.24. The highest BCUT2D eigenvalue weighted by molar-refractivity contribution is 7.10. The van der Waals surface area contributed by atoms with E-state index in [-0.39, 0.29) is 6.10 Å². The molecule has 0 saturated carbocycles. The Labute approximate surface area is 189 Å². The van der Waals surface area contributed by atoms with Gasteiger partial charge in [-0.15, -0.1) is 11.3 Å². The molecule has 31 heavy (non-hydrogen) atoms. The van der Waals surface area contributed by atoms with Gasteiger partial charge in [-0.05, 0) is 61.7 Å². The summed E-state index contributed by atoms with van der Waals surface area (Å²) in [6, 6.07) is 7.77. The number of hydrogen-bond acceptors (Lipinski definition) is 6. The zero-order chi connectivity index (χ0) is 22.5. The normalized spacial score (nSPS) is 12.9. The van der Waals surface area contributed by atoms with Crippen molar-refractivity contribution in [3.05, 3.63) is 63.9 Å². The molecule has 0 bridgehead atoms. The predicted octanol–water partition coefficient (Wildman–Crippen LogP) is 6.09. The van der Waals surface area contributed by atoms with Crippen LogP contribution < -0.4 is 14.2 Å². The summed E-state index contributed by atoms with van der Waals surface area (Å²) in [5.74, 6) is 1.85. The molecule has 0 fully saturated rings. The van der Waals surface area contributed by atoms with E-state index in [9.17, 15) is 5.11 Å². The zero-order valence-corrected chi connectivity index (χ0v) is 19.7. The van der Waals surface area contributed by atoms with E-state index in [0.717, 1.165) is 36.1 Å². The van der Waals surface area contributed by atoms with Crippen LogP contribution in [0.25, 0.3) is 0 Å². The molecule has 1 heterocycles. The van der Waals surface area contributed by atoms with Crippen LogP contribution in [0.3, 0.4) is 0 Å². The van der Waals surface area contributed by atoms with Gasteiger partial charge in [-0.2, -0.15) is 0 Å². The Morgan fingerprint density at radius 2 is 1.87 bits per heavy atom. The molecule has 6 heteroatoms. The Morgan fingerprint density at radius 3 is 2.48 bits per heavy atom. The van der Waals surface area contributed by atoms with Crippen molar-refractivity contribution in [3.8, 4) is 17.2 Å². The Morgan fingerprint density at radius 1 is 1.13 bits per heavy atom. The van der Waals surface area contributed by atoms with Gasteiger partial charge < -0.3 is 24.1 Å². The predicted molar refractivity (Wildman–Crippen MR) is 126 cm³/mol. The van der Waals surface area contributed by atoms with Gasteiger partial charge in [0.05, 0.1) is 34.0 Å². The molecule has 2 aromatic rings. The average molecular weight is 447 g/mol. The third kappa shape index (κ3) is 8.40. The number of hydrogen-bond donors (Lipinski definition) is 1. The van der Waals surface area contributed by atoms with Crippen molar-refractivity contribution >= 4 is 11.3 Å². The molecule has 1 unspecified atom stereocenters. The number of ether oxygens (including phenoxy) is 4. The minimum absolute atomic E-state index is 0.366. The topological polar surface area (TPSA) is 57.2 Å². The van der Waals surface area contributed by atoms with Crippen LogP contribution in [-0.4, -0.2) is 33.0 Å². The van der Waals surface area contributed by atoms with Crippen LogP contribution in [0, 0.1) is 0 Å². The lowest BCUT2D eigenvalue weighted by Gasteiger charge is -2.14. The van der Waals surface area contributed by atoms with Gasteiger partial charge in [-0.1, -0.05) is 29.9 Å². The van der Waals surface area contributed by atoms with Crippen molar-refractivity contribution in [2.24, 2.45) is 0 Å². The van der Waals surface area contributed by atoms with E-state index in [1.807, 2.05) is 29.6 Å². The molecule has 0 radical (unpaired) electrons. The Bertz CT molecular complexity index is 801. The highest BCUT2D eigenvalue weighted by Crippen LogP contribution is 2.38. The molecule has 0 amide bonds. The molecule has 1 aromatic carbocycles. The van der Waals surface area contributed by atoms with Crippen LogP contribution in [0.2, 0.25) is 0 Å². The van der Waals surface area contributed by atoms with Crippen molar-refractivity contribution in [3.63, 3.8) is 0 Å². The molecular weight excluding hydrogens is 412 g/mol. The van der Waals surface area contributed by atoms with Gasteiger partial charge in [0.1, 0.15) is 0 Å². The SMILES string of the molecule is COc1cc(COCCC/C=C/C=C(\C)CCC(O)c2cccs2)cc(OC)c1OC. The van der Waals surface area contributed by atoms with Crippen LogP contribution in [-0.2, 0) is 11.3 Å². The summed E-state index contributed by atoms with van der Waals surface area (Å²) >= 11 is 1.60. The van der Waals surface area contributed by atoms with Gasteiger partial charge >= 0.3 is 0 Å². The van der Waals surface area contributed by atoms with Crippen molar-refractivity contribution in [1.29, 1.82) is 0 Å². The molecule has 1 aromatic heterocycles. The monoisotopic (exact) mass is 446 g/mol. The fourth-order valence-electron chi connectivity index (χ4n) is 3.11. The molecule has 0 saturated heterocycles. The second kappa shape index (κ2) is 13.9. The summed E-state index contributed by atoms with van der Waals surface area (Å²) in [5, 5.41) is 12.1. The van der Waals surface area contributed by atoms with E-state index in [2.05, 4.69) is 25.2 Å². The minimum Gasteiger partial charge on any atom is -0.493 e. The number of thiophene rings is 1. The van der Waals surface area contributed by atoms with E-state index in [1.165, 1.54) is 5.57 Å². The second-order valence-corrected chi connectivity index (χ2v) is 8.22. The number of rotatable bonds is 14. The van der Waals surface area contributed by atoms with Gasteiger partial charge in [0.15, 0.2) is 11.5 Å². The molecule has 0 spiro atoms. The first-order chi connectivity index (χ1) is 15.1. The fourth-order valence-corrected chi connectivity index (χ4v) is 3.86. The summed E-state index contributed by atoms with van der Waals surface area (Å²) in [5.41, 5.74) is 2.25. The van der Waals surface area contributed by atoms with E-state index in [4.69, 9.17) is 18.9 Å². The van der Waals surface area contributed by atoms with Crippen molar-refractivity contribution in [2.75, 3.05) is 27.9 Å². The Kier molecular flexibility index (Phi) is 11.2. The molecule has 0 aliphatic heterocycles. The molecule has 2 rings (SSSR count). The zero-order valence-electron chi connectivity index (χ0n) is 18.9. The van der Waals surface area contributed by atoms with Gasteiger partial charge in [0.2, 0.25) is 5.75 Å². The van der Waals surface area contributed by atoms with E-state index >= 15 is 0 Å². The first-order valence-electron chi connectivity index (χ1n) is 10.5. The molecular formula is C25H34O5S. The lowest BCUT2D eigenvalue weighted by molar-refractivity contribution is 0.118. The van der Waals surface area contributed by atoms with Crippen LogP contribution in [0.5, 0.6) is 17.2 Å². The number of aliphatic hydroxyl groups excluding tert-OH is 1. The number of methoxy groups -OCH3 is 3. The number of benzene rings is 1. The maximum Gasteiger partial charge on any atom is 0.203 e. The third-order valence-corrected chi connectivity index (χ3v) is 5.83. The standard InChI is InChI=1S/C25H34O5S/c1-19(12-13-21(26)24-11-9-15-31-24)10-7-5-6-8-14-30-18-20-16-22(27-2)25(29-4)23(17-20)28-3/h5,7,9-11,15-17,21,26H,6,8,12-14,18H2,1-4H3/b7-5+,19-10+. The fraction of sp³-hybridized carbons (Fsp3) is 0.440. The minimum atomic E-state index is -0.366. The summed E-state index contributed by atoms with van der Waals surface area (Å²) in [6.45, 7) is 3.27. The van der Waals surface area contributed by atoms with Gasteiger partial charge in [-0.25, -0.2) is 0 Å². The van der Waals surface area contributed by atoms with Crippen LogP contribution >= 0.6 is 11.3 Å². The van der Waals surface area contributed by atoms with Gasteiger partial charge in [0, 0.05) is 11.5 Å². The molecule has 0 aliphatic carbocycles. The lowest BCUT2D eigenvalue weighted by Crippen LogP contribution is -1.99. The first kappa shape index (κ1) is 25.0. The van der Waals surface area contributed by atoms with Crippen molar-refractivity contribution in [2.45, 2.75) is 45.3 Å². The van der Waals surface area contributed by atoms with Crippen LogP contribution in [0.1, 0.15) is 49.2 Å². The number of allylic oxidation sites excluding steroid dienone is 4. The smallest absolute Gasteiger partial charge is 0.203 e. The quantitative estimate of drug-likeness (QED) is 0.281. The largest absolute Gasteiger partial charge is 0.493 e.